The Morgan fingerprint density at radius 2 is 1.76 bits per heavy atom. The topological polar surface area (TPSA) is 35.2 Å². The first-order chi connectivity index (χ1) is 8.18. The zero-order valence-electron chi connectivity index (χ0n) is 10.3. The van der Waals surface area contributed by atoms with Gasteiger partial charge < -0.3 is 10.5 Å². The van der Waals surface area contributed by atoms with Crippen molar-refractivity contribution in [3.63, 3.8) is 0 Å². The Balaban J connectivity index is 2.21. The second-order valence-corrected chi connectivity index (χ2v) is 5.30. The van der Waals surface area contributed by atoms with Gasteiger partial charge in [-0.3, -0.25) is 0 Å². The van der Waals surface area contributed by atoms with Gasteiger partial charge in [0.25, 0.3) is 0 Å². The highest BCUT2D eigenvalue weighted by atomic mass is 35.5. The van der Waals surface area contributed by atoms with Crippen molar-refractivity contribution in [2.45, 2.75) is 43.7 Å². The van der Waals surface area contributed by atoms with Crippen LogP contribution in [-0.2, 0) is 4.74 Å². The lowest BCUT2D eigenvalue weighted by Gasteiger charge is -2.41. The minimum Gasteiger partial charge on any atom is -0.376 e. The highest BCUT2D eigenvalue weighted by Crippen LogP contribution is 2.39. The summed E-state index contributed by atoms with van der Waals surface area (Å²) in [5.74, 6) is 0. The molecule has 1 atom stereocenters. The molecule has 0 spiro atoms. The molecule has 2 rings (SSSR count). The van der Waals surface area contributed by atoms with Gasteiger partial charge in [-0.25, -0.2) is 0 Å². The quantitative estimate of drug-likeness (QED) is 0.892. The Labute approximate surface area is 108 Å². The van der Waals surface area contributed by atoms with E-state index in [0.29, 0.717) is 0 Å². The first-order valence-corrected chi connectivity index (χ1v) is 6.62. The molecule has 17 heavy (non-hydrogen) atoms. The maximum absolute atomic E-state index is 6.40. The normalized spacial score (nSPS) is 21.1. The smallest absolute Gasteiger partial charge is 0.0870 e. The van der Waals surface area contributed by atoms with Crippen LogP contribution >= 0.6 is 11.6 Å². The number of ether oxygens (including phenoxy) is 1. The molecular formula is C14H20ClNO. The monoisotopic (exact) mass is 253 g/mol. The van der Waals surface area contributed by atoms with E-state index in [4.69, 9.17) is 22.1 Å². The minimum absolute atomic E-state index is 0.0648. The number of hydrogen-bond donors (Lipinski definition) is 1. The van der Waals surface area contributed by atoms with E-state index >= 15 is 0 Å². The molecule has 1 aliphatic carbocycles. The second kappa shape index (κ2) is 5.38. The SMILES string of the molecule is COC1(C(N)c2ccc(Cl)cc2)CCCCC1. The fraction of sp³-hybridized carbons (Fsp3) is 0.571. The molecule has 0 saturated heterocycles. The van der Waals surface area contributed by atoms with Crippen LogP contribution in [0.5, 0.6) is 0 Å². The van der Waals surface area contributed by atoms with Gasteiger partial charge in [0.1, 0.15) is 0 Å². The molecule has 2 nitrogen and oxygen atoms in total. The Bertz CT molecular complexity index is 357. The largest absolute Gasteiger partial charge is 0.376 e. The molecule has 0 bridgehead atoms. The Morgan fingerprint density at radius 1 is 1.18 bits per heavy atom. The summed E-state index contributed by atoms with van der Waals surface area (Å²) in [6.07, 6.45) is 5.79. The van der Waals surface area contributed by atoms with Crippen molar-refractivity contribution in [2.75, 3.05) is 7.11 Å². The molecule has 2 N–H and O–H groups in total. The van der Waals surface area contributed by atoms with Crippen LogP contribution in [0, 0.1) is 0 Å². The van der Waals surface area contributed by atoms with E-state index in [1.54, 1.807) is 7.11 Å². The maximum atomic E-state index is 6.40. The van der Waals surface area contributed by atoms with Crippen LogP contribution in [0.4, 0.5) is 0 Å². The molecule has 1 aromatic rings. The molecular weight excluding hydrogens is 234 g/mol. The lowest BCUT2D eigenvalue weighted by Crippen LogP contribution is -2.44. The predicted octanol–water partition coefficient (Wildman–Crippen LogP) is 3.69. The summed E-state index contributed by atoms with van der Waals surface area (Å²) >= 11 is 5.90. The predicted molar refractivity (Wildman–Crippen MR) is 71.2 cm³/mol. The number of halogens is 1. The molecule has 3 heteroatoms. The molecule has 0 radical (unpaired) electrons. The third-order valence-electron chi connectivity index (χ3n) is 3.90. The lowest BCUT2D eigenvalue weighted by atomic mass is 9.77. The molecule has 1 aromatic carbocycles. The van der Waals surface area contributed by atoms with E-state index in [-0.39, 0.29) is 11.6 Å². The van der Waals surface area contributed by atoms with Crippen molar-refractivity contribution in [2.24, 2.45) is 5.73 Å². The van der Waals surface area contributed by atoms with Crippen LogP contribution in [0.1, 0.15) is 43.7 Å². The average molecular weight is 254 g/mol. The van der Waals surface area contributed by atoms with Crippen LogP contribution in [0.2, 0.25) is 5.02 Å². The molecule has 1 unspecified atom stereocenters. The van der Waals surface area contributed by atoms with E-state index in [9.17, 15) is 0 Å². The Hall–Kier alpha value is -0.570. The average Bonchev–Trinajstić information content (AvgIpc) is 2.39. The van der Waals surface area contributed by atoms with E-state index in [1.165, 1.54) is 19.3 Å². The van der Waals surface area contributed by atoms with E-state index in [2.05, 4.69) is 0 Å². The van der Waals surface area contributed by atoms with Gasteiger partial charge in [0.15, 0.2) is 0 Å². The second-order valence-electron chi connectivity index (χ2n) is 4.86. The molecule has 1 aliphatic rings. The zero-order chi connectivity index (χ0) is 12.3. The minimum atomic E-state index is -0.188. The summed E-state index contributed by atoms with van der Waals surface area (Å²) in [6, 6.07) is 7.72. The van der Waals surface area contributed by atoms with Gasteiger partial charge in [-0.15, -0.1) is 0 Å². The first-order valence-electron chi connectivity index (χ1n) is 6.24. The van der Waals surface area contributed by atoms with Gasteiger partial charge in [0.05, 0.1) is 11.6 Å². The highest BCUT2D eigenvalue weighted by Gasteiger charge is 2.38. The van der Waals surface area contributed by atoms with Crippen molar-refractivity contribution >= 4 is 11.6 Å². The molecule has 0 aromatic heterocycles. The van der Waals surface area contributed by atoms with Crippen LogP contribution in [0.15, 0.2) is 24.3 Å². The van der Waals surface area contributed by atoms with Crippen LogP contribution in [0.3, 0.4) is 0 Å². The van der Waals surface area contributed by atoms with Crippen LogP contribution in [0.25, 0.3) is 0 Å². The number of rotatable bonds is 3. The molecule has 0 heterocycles. The molecule has 1 saturated carbocycles. The van der Waals surface area contributed by atoms with Crippen LogP contribution < -0.4 is 5.73 Å². The van der Waals surface area contributed by atoms with Gasteiger partial charge in [0.2, 0.25) is 0 Å². The summed E-state index contributed by atoms with van der Waals surface area (Å²) in [5, 5.41) is 0.746. The number of nitrogens with two attached hydrogens (primary N) is 1. The Morgan fingerprint density at radius 3 is 2.29 bits per heavy atom. The van der Waals surface area contributed by atoms with Gasteiger partial charge in [-0.2, -0.15) is 0 Å². The molecule has 94 valence electrons. The number of hydrogen-bond acceptors (Lipinski definition) is 2. The number of methoxy groups -OCH3 is 1. The zero-order valence-corrected chi connectivity index (χ0v) is 11.0. The summed E-state index contributed by atoms with van der Waals surface area (Å²) < 4.78 is 5.77. The fourth-order valence-corrected chi connectivity index (χ4v) is 2.89. The molecule has 0 amide bonds. The highest BCUT2D eigenvalue weighted by molar-refractivity contribution is 6.30. The van der Waals surface area contributed by atoms with Gasteiger partial charge >= 0.3 is 0 Å². The maximum Gasteiger partial charge on any atom is 0.0870 e. The molecule has 0 aliphatic heterocycles. The number of benzene rings is 1. The van der Waals surface area contributed by atoms with Gasteiger partial charge in [0, 0.05) is 12.1 Å². The summed E-state index contributed by atoms with van der Waals surface area (Å²) in [7, 11) is 1.78. The third-order valence-corrected chi connectivity index (χ3v) is 4.15. The van der Waals surface area contributed by atoms with Gasteiger partial charge in [-0.05, 0) is 30.5 Å². The fourth-order valence-electron chi connectivity index (χ4n) is 2.77. The van der Waals surface area contributed by atoms with Crippen molar-refractivity contribution in [3.05, 3.63) is 34.9 Å². The van der Waals surface area contributed by atoms with Gasteiger partial charge in [-0.1, -0.05) is 43.0 Å². The summed E-state index contributed by atoms with van der Waals surface area (Å²) in [4.78, 5) is 0. The summed E-state index contributed by atoms with van der Waals surface area (Å²) in [5.41, 5.74) is 7.32. The van der Waals surface area contributed by atoms with E-state index in [0.717, 1.165) is 23.4 Å². The summed E-state index contributed by atoms with van der Waals surface area (Å²) in [6.45, 7) is 0. The van der Waals surface area contributed by atoms with Crippen molar-refractivity contribution in [3.8, 4) is 0 Å². The first kappa shape index (κ1) is 12.9. The lowest BCUT2D eigenvalue weighted by molar-refractivity contribution is -0.0595. The van der Waals surface area contributed by atoms with Crippen LogP contribution in [-0.4, -0.2) is 12.7 Å². The van der Waals surface area contributed by atoms with Crippen molar-refractivity contribution in [1.29, 1.82) is 0 Å². The Kier molecular flexibility index (Phi) is 4.08. The third kappa shape index (κ3) is 2.65. The molecule has 1 fully saturated rings. The van der Waals surface area contributed by atoms with E-state index in [1.807, 2.05) is 24.3 Å². The van der Waals surface area contributed by atoms with Crippen molar-refractivity contribution in [1.82, 2.24) is 0 Å². The van der Waals surface area contributed by atoms with E-state index < -0.39 is 0 Å². The van der Waals surface area contributed by atoms with Crippen molar-refractivity contribution < 1.29 is 4.74 Å². The standard InChI is InChI=1S/C14H20ClNO/c1-17-14(9-3-2-4-10-14)13(16)11-5-7-12(15)8-6-11/h5-8,13H,2-4,9-10,16H2,1H3.